The van der Waals surface area contributed by atoms with Crippen molar-refractivity contribution < 1.29 is 18.0 Å². The van der Waals surface area contributed by atoms with Crippen molar-refractivity contribution >= 4 is 21.8 Å². The van der Waals surface area contributed by atoms with Crippen molar-refractivity contribution in [2.24, 2.45) is 0 Å². The van der Waals surface area contributed by atoms with Gasteiger partial charge in [-0.2, -0.15) is 18.3 Å². The summed E-state index contributed by atoms with van der Waals surface area (Å²) in [6, 6.07) is 7.58. The molecule has 0 radical (unpaired) electrons. The highest BCUT2D eigenvalue weighted by Gasteiger charge is 2.53. The van der Waals surface area contributed by atoms with Crippen LogP contribution in [0.2, 0.25) is 0 Å². The van der Waals surface area contributed by atoms with Gasteiger partial charge >= 0.3 is 6.18 Å². The summed E-state index contributed by atoms with van der Waals surface area (Å²) in [5, 5.41) is 5.89. The highest BCUT2D eigenvalue weighted by molar-refractivity contribution is 9.10. The van der Waals surface area contributed by atoms with Gasteiger partial charge in [0.25, 0.3) is 0 Å². The molecule has 1 N–H and O–H groups in total. The molecule has 1 aromatic heterocycles. The van der Waals surface area contributed by atoms with Gasteiger partial charge in [0.2, 0.25) is 5.91 Å². The maximum Gasteiger partial charge on any atom is 0.435 e. The van der Waals surface area contributed by atoms with Gasteiger partial charge in [-0.05, 0) is 30.5 Å². The van der Waals surface area contributed by atoms with Crippen LogP contribution < -0.4 is 0 Å². The number of alkyl halides is 3. The van der Waals surface area contributed by atoms with Gasteiger partial charge < -0.3 is 4.90 Å². The van der Waals surface area contributed by atoms with Crippen LogP contribution in [0.4, 0.5) is 13.2 Å². The highest BCUT2D eigenvalue weighted by Crippen LogP contribution is 2.50. The number of hydrogen-bond donors (Lipinski definition) is 1. The van der Waals surface area contributed by atoms with Gasteiger partial charge in [-0.15, -0.1) is 0 Å². The fourth-order valence-corrected chi connectivity index (χ4v) is 3.79. The summed E-state index contributed by atoms with van der Waals surface area (Å²) in [7, 11) is 0. The van der Waals surface area contributed by atoms with E-state index < -0.39 is 17.3 Å². The molecule has 0 saturated heterocycles. The van der Waals surface area contributed by atoms with Crippen LogP contribution in [0.3, 0.4) is 0 Å². The number of fused-ring (bicyclic) bond motifs is 1. The minimum atomic E-state index is -4.51. The second-order valence-electron chi connectivity index (χ2n) is 6.59. The van der Waals surface area contributed by atoms with E-state index in [2.05, 4.69) is 26.1 Å². The number of amides is 1. The molecule has 2 aliphatic rings. The summed E-state index contributed by atoms with van der Waals surface area (Å²) < 4.78 is 40.2. The van der Waals surface area contributed by atoms with Crippen LogP contribution >= 0.6 is 15.9 Å². The Morgan fingerprint density at radius 2 is 1.92 bits per heavy atom. The Bertz CT molecular complexity index is 825. The molecular weight excluding hydrogens is 399 g/mol. The summed E-state index contributed by atoms with van der Waals surface area (Å²) in [5.41, 5.74) is 0.00662. The monoisotopic (exact) mass is 413 g/mol. The number of hydrogen-bond acceptors (Lipinski definition) is 2. The van der Waals surface area contributed by atoms with Crippen LogP contribution in [0.1, 0.15) is 35.4 Å². The number of halogens is 4. The van der Waals surface area contributed by atoms with Gasteiger partial charge in [0, 0.05) is 35.2 Å². The third-order valence-corrected chi connectivity index (χ3v) is 5.57. The summed E-state index contributed by atoms with van der Waals surface area (Å²) in [4.78, 5) is 14.6. The molecule has 1 amide bonds. The lowest BCUT2D eigenvalue weighted by molar-refractivity contribution is -0.143. The molecule has 2 aromatic rings. The SMILES string of the molecule is O=C(N1CCc2[nH]nc(C(F)(F)F)c2C1)C1(c2ccc(Br)cc2)CC1. The fraction of sp³-hybridized carbons (Fsp3) is 0.412. The lowest BCUT2D eigenvalue weighted by atomic mass is 9.93. The molecule has 1 aromatic carbocycles. The van der Waals surface area contributed by atoms with Gasteiger partial charge in [0.15, 0.2) is 5.69 Å². The smallest absolute Gasteiger partial charge is 0.337 e. The summed E-state index contributed by atoms with van der Waals surface area (Å²) in [6.07, 6.45) is -2.69. The maximum absolute atomic E-state index is 13.1. The minimum Gasteiger partial charge on any atom is -0.337 e. The number of nitrogens with zero attached hydrogens (tertiary/aromatic N) is 2. The summed E-state index contributed by atoms with van der Waals surface area (Å²) >= 11 is 3.37. The molecule has 1 aliphatic heterocycles. The zero-order valence-corrected chi connectivity index (χ0v) is 14.7. The Morgan fingerprint density at radius 3 is 2.52 bits per heavy atom. The van der Waals surface area contributed by atoms with Crippen molar-refractivity contribution in [3.63, 3.8) is 0 Å². The van der Waals surface area contributed by atoms with E-state index in [0.717, 1.165) is 22.9 Å². The Labute approximate surface area is 150 Å². The maximum atomic E-state index is 13.1. The summed E-state index contributed by atoms with van der Waals surface area (Å²) in [5.74, 6) is -0.0882. The van der Waals surface area contributed by atoms with E-state index in [1.807, 2.05) is 24.3 Å². The Balaban J connectivity index is 1.60. The van der Waals surface area contributed by atoms with E-state index in [9.17, 15) is 18.0 Å². The molecule has 1 fully saturated rings. The molecule has 4 rings (SSSR count). The first-order chi connectivity index (χ1) is 11.8. The lowest BCUT2D eigenvalue weighted by Gasteiger charge is -2.31. The van der Waals surface area contributed by atoms with E-state index in [1.54, 1.807) is 4.90 Å². The van der Waals surface area contributed by atoms with Gasteiger partial charge in [-0.25, -0.2) is 0 Å². The van der Waals surface area contributed by atoms with Gasteiger partial charge in [0.1, 0.15) is 0 Å². The van der Waals surface area contributed by atoms with Crippen LogP contribution in [0, 0.1) is 0 Å². The van der Waals surface area contributed by atoms with Crippen molar-refractivity contribution in [3.8, 4) is 0 Å². The molecule has 0 unspecified atom stereocenters. The standard InChI is InChI=1S/C17H15BrF3N3O/c18-11-3-1-10(2-4-11)16(6-7-16)15(25)24-8-5-13-12(9-24)14(23-22-13)17(19,20)21/h1-4H,5-9H2,(H,22,23). The number of aromatic amines is 1. The molecule has 1 aliphatic carbocycles. The quantitative estimate of drug-likeness (QED) is 0.813. The molecule has 0 atom stereocenters. The summed E-state index contributed by atoms with van der Waals surface area (Å²) in [6.45, 7) is 0.362. The predicted octanol–water partition coefficient (Wildman–Crippen LogP) is 3.81. The number of carbonyl (C=O) groups is 1. The lowest BCUT2D eigenvalue weighted by Crippen LogP contribution is -2.42. The van der Waals surface area contributed by atoms with E-state index in [1.165, 1.54) is 0 Å². The van der Waals surface area contributed by atoms with Gasteiger partial charge in [0.05, 0.1) is 5.41 Å². The average Bonchev–Trinajstić information content (AvgIpc) is 3.26. The molecule has 0 bridgehead atoms. The molecule has 1 saturated carbocycles. The highest BCUT2D eigenvalue weighted by atomic mass is 79.9. The zero-order chi connectivity index (χ0) is 17.8. The van der Waals surface area contributed by atoms with Crippen LogP contribution in [-0.4, -0.2) is 27.5 Å². The van der Waals surface area contributed by atoms with Crippen LogP contribution in [0.15, 0.2) is 28.7 Å². The topological polar surface area (TPSA) is 49.0 Å². The van der Waals surface area contributed by atoms with E-state index >= 15 is 0 Å². The Kier molecular flexibility index (Phi) is 3.72. The predicted molar refractivity (Wildman–Crippen MR) is 87.8 cm³/mol. The third kappa shape index (κ3) is 2.76. The number of benzene rings is 1. The molecule has 0 spiro atoms. The second-order valence-corrected chi connectivity index (χ2v) is 7.51. The Hall–Kier alpha value is -1.83. The largest absolute Gasteiger partial charge is 0.435 e. The van der Waals surface area contributed by atoms with Crippen molar-refractivity contribution in [1.82, 2.24) is 15.1 Å². The van der Waals surface area contributed by atoms with Crippen molar-refractivity contribution in [2.45, 2.75) is 37.4 Å². The van der Waals surface area contributed by atoms with Crippen molar-refractivity contribution in [2.75, 3.05) is 6.54 Å². The number of rotatable bonds is 2. The first kappa shape index (κ1) is 16.6. The average molecular weight is 414 g/mol. The number of carbonyl (C=O) groups excluding carboxylic acids is 1. The molecule has 25 heavy (non-hydrogen) atoms. The van der Waals surface area contributed by atoms with Crippen LogP contribution in [0.25, 0.3) is 0 Å². The van der Waals surface area contributed by atoms with Crippen LogP contribution in [-0.2, 0) is 29.4 Å². The first-order valence-electron chi connectivity index (χ1n) is 8.00. The van der Waals surface area contributed by atoms with Gasteiger partial charge in [-0.3, -0.25) is 9.89 Å². The molecule has 8 heteroatoms. The van der Waals surface area contributed by atoms with Crippen LogP contribution in [0.5, 0.6) is 0 Å². The Morgan fingerprint density at radius 1 is 1.24 bits per heavy atom. The molecule has 4 nitrogen and oxygen atoms in total. The second kappa shape index (κ2) is 5.59. The number of aromatic nitrogens is 2. The molecular formula is C17H15BrF3N3O. The van der Waals surface area contributed by atoms with Crippen molar-refractivity contribution in [1.29, 1.82) is 0 Å². The zero-order valence-electron chi connectivity index (χ0n) is 13.2. The first-order valence-corrected chi connectivity index (χ1v) is 8.79. The third-order valence-electron chi connectivity index (χ3n) is 5.05. The minimum absolute atomic E-state index is 0.0439. The number of H-pyrrole nitrogens is 1. The number of nitrogens with one attached hydrogen (secondary N) is 1. The van der Waals surface area contributed by atoms with Gasteiger partial charge in [-0.1, -0.05) is 28.1 Å². The van der Waals surface area contributed by atoms with E-state index in [0.29, 0.717) is 18.7 Å². The molecule has 132 valence electrons. The van der Waals surface area contributed by atoms with E-state index in [-0.39, 0.29) is 18.0 Å². The molecule has 2 heterocycles. The normalized spacial score (nSPS) is 18.8. The fourth-order valence-electron chi connectivity index (χ4n) is 3.53. The van der Waals surface area contributed by atoms with E-state index in [4.69, 9.17) is 0 Å². The van der Waals surface area contributed by atoms with Crippen molar-refractivity contribution in [3.05, 3.63) is 51.3 Å².